The average Bonchev–Trinajstić information content (AvgIpc) is 2.59. The Bertz CT molecular complexity index is 941. The highest BCUT2D eigenvalue weighted by molar-refractivity contribution is 5.97. The van der Waals surface area contributed by atoms with E-state index in [9.17, 15) is 9.59 Å². The molecule has 0 aliphatic rings. The molecule has 24 heavy (non-hydrogen) atoms. The Morgan fingerprint density at radius 2 is 1.88 bits per heavy atom. The van der Waals surface area contributed by atoms with Gasteiger partial charge in [0.15, 0.2) is 17.1 Å². The van der Waals surface area contributed by atoms with Crippen molar-refractivity contribution in [3.8, 4) is 22.6 Å². The number of hydrogen-bond donors (Lipinski definition) is 0. The summed E-state index contributed by atoms with van der Waals surface area (Å²) in [7, 11) is 1.46. The summed E-state index contributed by atoms with van der Waals surface area (Å²) >= 11 is 0. The van der Waals surface area contributed by atoms with E-state index in [4.69, 9.17) is 13.9 Å². The zero-order valence-electron chi connectivity index (χ0n) is 13.4. The predicted molar refractivity (Wildman–Crippen MR) is 90.6 cm³/mol. The molecule has 0 bridgehead atoms. The number of methoxy groups -OCH3 is 1. The maximum Gasteiger partial charge on any atom is 0.336 e. The van der Waals surface area contributed by atoms with Crippen LogP contribution in [0.3, 0.4) is 0 Å². The van der Waals surface area contributed by atoms with Crippen LogP contribution in [0.15, 0.2) is 57.7 Å². The van der Waals surface area contributed by atoms with Gasteiger partial charge in [0.05, 0.1) is 7.11 Å². The largest absolute Gasteiger partial charge is 0.490 e. The molecule has 0 fully saturated rings. The Labute approximate surface area is 138 Å². The van der Waals surface area contributed by atoms with Crippen LogP contribution in [0.1, 0.15) is 6.92 Å². The van der Waals surface area contributed by atoms with E-state index in [0.29, 0.717) is 17.1 Å². The van der Waals surface area contributed by atoms with Crippen molar-refractivity contribution in [2.45, 2.75) is 6.92 Å². The number of fused-ring (bicyclic) bond motifs is 1. The molecule has 0 atom stereocenters. The lowest BCUT2D eigenvalue weighted by Crippen LogP contribution is -2.08. The van der Waals surface area contributed by atoms with Gasteiger partial charge in [-0.25, -0.2) is 4.79 Å². The Morgan fingerprint density at radius 3 is 2.54 bits per heavy atom. The summed E-state index contributed by atoms with van der Waals surface area (Å²) in [5.41, 5.74) is 1.46. The van der Waals surface area contributed by atoms with E-state index in [0.717, 1.165) is 16.5 Å². The van der Waals surface area contributed by atoms with Crippen LogP contribution < -0.4 is 15.1 Å². The first-order chi connectivity index (χ1) is 11.6. The number of hydrogen-bond acceptors (Lipinski definition) is 5. The van der Waals surface area contributed by atoms with Gasteiger partial charge in [-0.1, -0.05) is 30.3 Å². The van der Waals surface area contributed by atoms with E-state index < -0.39 is 5.63 Å². The molecule has 5 heteroatoms. The Balaban J connectivity index is 2.23. The molecule has 0 saturated heterocycles. The Morgan fingerprint density at radius 1 is 1.12 bits per heavy atom. The molecule has 0 N–H and O–H groups in total. The summed E-state index contributed by atoms with van der Waals surface area (Å²) in [5.74, 6) is 0.536. The van der Waals surface area contributed by atoms with Crippen LogP contribution in [0, 0.1) is 0 Å². The number of rotatable bonds is 5. The zero-order valence-corrected chi connectivity index (χ0v) is 13.4. The Kier molecular flexibility index (Phi) is 4.33. The summed E-state index contributed by atoms with van der Waals surface area (Å²) in [5, 5.41) is 0.729. The quantitative estimate of drug-likeness (QED) is 0.673. The van der Waals surface area contributed by atoms with Gasteiger partial charge in [0.2, 0.25) is 5.75 Å². The molecule has 0 amide bonds. The lowest BCUT2D eigenvalue weighted by Gasteiger charge is -2.13. The van der Waals surface area contributed by atoms with Crippen LogP contribution in [-0.2, 0) is 4.79 Å². The van der Waals surface area contributed by atoms with Gasteiger partial charge in [-0.3, -0.25) is 4.79 Å². The molecule has 3 rings (SSSR count). The van der Waals surface area contributed by atoms with Gasteiger partial charge in [-0.2, -0.15) is 0 Å². The number of Topliss-reactive ketones (excluding diaryl/α,β-unsaturated/α-hetero) is 1. The van der Waals surface area contributed by atoms with Gasteiger partial charge < -0.3 is 13.9 Å². The molecule has 122 valence electrons. The first-order valence-electron chi connectivity index (χ1n) is 7.42. The van der Waals surface area contributed by atoms with Crippen LogP contribution >= 0.6 is 0 Å². The molecule has 0 aliphatic heterocycles. The lowest BCUT2D eigenvalue weighted by atomic mass is 10.0. The standard InChI is InChI=1S/C19H16O5/c1-12(20)11-23-16-9-8-14-15(13-6-4-3-5-7-13)10-17(21)24-18(14)19(16)22-2/h3-10H,11H2,1-2H3. The van der Waals surface area contributed by atoms with E-state index in [1.54, 1.807) is 12.1 Å². The van der Waals surface area contributed by atoms with Gasteiger partial charge in [0, 0.05) is 11.5 Å². The Hall–Kier alpha value is -3.08. The van der Waals surface area contributed by atoms with Crippen LogP contribution in [0.25, 0.3) is 22.1 Å². The molecule has 5 nitrogen and oxygen atoms in total. The minimum Gasteiger partial charge on any atom is -0.490 e. The molecule has 0 radical (unpaired) electrons. The predicted octanol–water partition coefficient (Wildman–Crippen LogP) is 3.44. The maximum atomic E-state index is 12.0. The molecule has 0 unspecified atom stereocenters. The minimum absolute atomic E-state index is 0.0789. The van der Waals surface area contributed by atoms with E-state index in [-0.39, 0.29) is 12.4 Å². The second-order valence-electron chi connectivity index (χ2n) is 5.31. The average molecular weight is 324 g/mol. The second kappa shape index (κ2) is 6.58. The maximum absolute atomic E-state index is 12.0. The van der Waals surface area contributed by atoms with Crippen molar-refractivity contribution < 1.29 is 18.7 Å². The van der Waals surface area contributed by atoms with Gasteiger partial charge in [0.25, 0.3) is 0 Å². The third kappa shape index (κ3) is 3.01. The molecule has 1 heterocycles. The van der Waals surface area contributed by atoms with Crippen molar-refractivity contribution in [3.05, 3.63) is 59.0 Å². The normalized spacial score (nSPS) is 10.6. The van der Waals surface area contributed by atoms with Crippen molar-refractivity contribution in [3.63, 3.8) is 0 Å². The summed E-state index contributed by atoms with van der Waals surface area (Å²) in [6.07, 6.45) is 0. The molecule has 0 aliphatic carbocycles. The van der Waals surface area contributed by atoms with Crippen molar-refractivity contribution in [2.24, 2.45) is 0 Å². The number of carbonyl (C=O) groups excluding carboxylic acids is 1. The number of ketones is 1. The van der Waals surface area contributed by atoms with Crippen molar-refractivity contribution in [1.29, 1.82) is 0 Å². The summed E-state index contributed by atoms with van der Waals surface area (Å²) in [6, 6.07) is 14.5. The van der Waals surface area contributed by atoms with Crippen molar-refractivity contribution >= 4 is 16.8 Å². The lowest BCUT2D eigenvalue weighted by molar-refractivity contribution is -0.118. The minimum atomic E-state index is -0.483. The van der Waals surface area contributed by atoms with Gasteiger partial charge >= 0.3 is 5.63 Å². The zero-order chi connectivity index (χ0) is 17.1. The highest BCUT2D eigenvalue weighted by atomic mass is 16.5. The van der Waals surface area contributed by atoms with Gasteiger partial charge in [-0.05, 0) is 30.2 Å². The summed E-state index contributed by atoms with van der Waals surface area (Å²) < 4.78 is 16.2. The van der Waals surface area contributed by atoms with E-state index in [1.165, 1.54) is 20.1 Å². The summed E-state index contributed by atoms with van der Waals surface area (Å²) in [4.78, 5) is 23.1. The highest BCUT2D eigenvalue weighted by Gasteiger charge is 2.16. The van der Waals surface area contributed by atoms with Crippen LogP contribution in [0.2, 0.25) is 0 Å². The smallest absolute Gasteiger partial charge is 0.336 e. The first kappa shape index (κ1) is 15.8. The molecular weight excluding hydrogens is 308 g/mol. The number of carbonyl (C=O) groups is 1. The fraction of sp³-hybridized carbons (Fsp3) is 0.158. The topological polar surface area (TPSA) is 65.7 Å². The van der Waals surface area contributed by atoms with Crippen LogP contribution in [0.4, 0.5) is 0 Å². The third-order valence-corrected chi connectivity index (χ3v) is 3.55. The van der Waals surface area contributed by atoms with Gasteiger partial charge in [-0.15, -0.1) is 0 Å². The van der Waals surface area contributed by atoms with Crippen LogP contribution in [-0.4, -0.2) is 19.5 Å². The summed E-state index contributed by atoms with van der Waals surface area (Å²) in [6.45, 7) is 1.35. The van der Waals surface area contributed by atoms with E-state index in [2.05, 4.69) is 0 Å². The molecule has 2 aromatic carbocycles. The second-order valence-corrected chi connectivity index (χ2v) is 5.31. The molecule has 0 saturated carbocycles. The molecule has 0 spiro atoms. The van der Waals surface area contributed by atoms with Crippen molar-refractivity contribution in [2.75, 3.05) is 13.7 Å². The van der Waals surface area contributed by atoms with E-state index >= 15 is 0 Å². The first-order valence-corrected chi connectivity index (χ1v) is 7.42. The highest BCUT2D eigenvalue weighted by Crippen LogP contribution is 2.38. The fourth-order valence-electron chi connectivity index (χ4n) is 2.53. The number of benzene rings is 2. The monoisotopic (exact) mass is 324 g/mol. The van der Waals surface area contributed by atoms with Crippen molar-refractivity contribution in [1.82, 2.24) is 0 Å². The van der Waals surface area contributed by atoms with Gasteiger partial charge in [0.1, 0.15) is 6.61 Å². The molecule has 3 aromatic rings. The fourth-order valence-corrected chi connectivity index (χ4v) is 2.53. The van der Waals surface area contributed by atoms with Crippen LogP contribution in [0.5, 0.6) is 11.5 Å². The SMILES string of the molecule is COc1c(OCC(C)=O)ccc2c(-c3ccccc3)cc(=O)oc12. The molecule has 1 aromatic heterocycles. The number of ether oxygens (including phenoxy) is 2. The third-order valence-electron chi connectivity index (χ3n) is 3.55. The molecular formula is C19H16O5. The van der Waals surface area contributed by atoms with E-state index in [1.807, 2.05) is 30.3 Å².